The van der Waals surface area contributed by atoms with Gasteiger partial charge in [-0.1, -0.05) is 26.0 Å². The molecule has 0 aliphatic carbocycles. The molecule has 0 aliphatic heterocycles. The van der Waals surface area contributed by atoms with Crippen LogP contribution in [0.3, 0.4) is 0 Å². The fourth-order valence-corrected chi connectivity index (χ4v) is 3.05. The second-order valence-corrected chi connectivity index (χ2v) is 7.53. The monoisotopic (exact) mass is 491 g/mol. The molecule has 1 aromatic heterocycles. The van der Waals surface area contributed by atoms with E-state index in [-0.39, 0.29) is 35.2 Å². The molecule has 0 fully saturated rings. The Balaban J connectivity index is 0.00000338. The number of hydrogen-bond acceptors (Lipinski definition) is 4. The van der Waals surface area contributed by atoms with E-state index in [2.05, 4.69) is 34.5 Å². The number of nitrogens with zero attached hydrogens (tertiary/aromatic N) is 3. The summed E-state index contributed by atoms with van der Waals surface area (Å²) < 4.78 is 13.5. The minimum absolute atomic E-state index is 0. The summed E-state index contributed by atoms with van der Waals surface area (Å²) >= 11 is 1.61. The van der Waals surface area contributed by atoms with E-state index >= 15 is 0 Å². The van der Waals surface area contributed by atoms with E-state index < -0.39 is 0 Å². The van der Waals surface area contributed by atoms with Gasteiger partial charge in [0.2, 0.25) is 0 Å². The maximum absolute atomic E-state index is 13.5. The number of nitrogens with one attached hydrogen (secondary N) is 2. The number of aromatic nitrogens is 1. The normalized spacial score (nSPS) is 11.7. The lowest BCUT2D eigenvalue weighted by Crippen LogP contribution is -2.43. The van der Waals surface area contributed by atoms with E-state index in [1.165, 1.54) is 6.07 Å². The second-order valence-electron chi connectivity index (χ2n) is 6.69. The molecule has 0 bridgehead atoms. The summed E-state index contributed by atoms with van der Waals surface area (Å²) in [6.45, 7) is 5.39. The van der Waals surface area contributed by atoms with Crippen LogP contribution in [0, 0.1) is 5.82 Å². The molecular formula is C18H27FIN5S. The van der Waals surface area contributed by atoms with Gasteiger partial charge in [0, 0.05) is 38.5 Å². The Hall–Kier alpha value is -1.42. The van der Waals surface area contributed by atoms with E-state index in [1.54, 1.807) is 30.5 Å². The summed E-state index contributed by atoms with van der Waals surface area (Å²) in [5.74, 6) is 0.484. The molecule has 0 spiro atoms. The maximum atomic E-state index is 13.5. The first-order valence-corrected chi connectivity index (χ1v) is 9.02. The Kier molecular flexibility index (Phi) is 8.75. The lowest BCUT2D eigenvalue weighted by Gasteiger charge is -2.26. The van der Waals surface area contributed by atoms with Gasteiger partial charge in [0.05, 0.1) is 12.2 Å². The molecule has 5 nitrogen and oxygen atoms in total. The van der Waals surface area contributed by atoms with E-state index in [0.717, 1.165) is 16.4 Å². The summed E-state index contributed by atoms with van der Waals surface area (Å²) in [4.78, 5) is 10.8. The van der Waals surface area contributed by atoms with Crippen LogP contribution < -0.4 is 15.5 Å². The van der Waals surface area contributed by atoms with Crippen molar-refractivity contribution in [3.63, 3.8) is 0 Å². The zero-order valence-electron chi connectivity index (χ0n) is 15.8. The molecule has 0 aliphatic rings. The van der Waals surface area contributed by atoms with Crippen LogP contribution >= 0.6 is 35.3 Å². The molecule has 0 amide bonds. The van der Waals surface area contributed by atoms with Crippen LogP contribution in [0.1, 0.15) is 25.1 Å². The zero-order valence-corrected chi connectivity index (χ0v) is 19.0. The Morgan fingerprint density at radius 2 is 2.04 bits per heavy atom. The van der Waals surface area contributed by atoms with Gasteiger partial charge in [-0.05, 0) is 17.7 Å². The molecule has 2 N–H and O–H groups in total. The summed E-state index contributed by atoms with van der Waals surface area (Å²) in [5, 5.41) is 9.59. The Labute approximate surface area is 176 Å². The van der Waals surface area contributed by atoms with Crippen LogP contribution in [0.2, 0.25) is 0 Å². The number of thiazole rings is 1. The van der Waals surface area contributed by atoms with E-state index in [9.17, 15) is 4.39 Å². The summed E-state index contributed by atoms with van der Waals surface area (Å²) in [5.41, 5.74) is 1.70. The largest absolute Gasteiger partial charge is 0.356 e. The van der Waals surface area contributed by atoms with Crippen molar-refractivity contribution in [3.05, 3.63) is 46.7 Å². The fourth-order valence-electron chi connectivity index (χ4n) is 2.29. The summed E-state index contributed by atoms with van der Waals surface area (Å²) in [6.07, 6.45) is 0. The fraction of sp³-hybridized carbons (Fsp3) is 0.444. The highest BCUT2D eigenvalue weighted by Crippen LogP contribution is 2.22. The third kappa shape index (κ3) is 6.39. The van der Waals surface area contributed by atoms with E-state index in [4.69, 9.17) is 0 Å². The first kappa shape index (κ1) is 22.6. The SMILES string of the molecule is CN=C(NCc1csc(N(C)C)n1)NCC(C)(C)c1cccc(F)c1.I. The van der Waals surface area contributed by atoms with Crippen molar-refractivity contribution in [1.29, 1.82) is 0 Å². The molecule has 0 unspecified atom stereocenters. The molecule has 26 heavy (non-hydrogen) atoms. The van der Waals surface area contributed by atoms with Gasteiger partial charge in [-0.2, -0.15) is 0 Å². The van der Waals surface area contributed by atoms with Crippen LogP contribution in [-0.2, 0) is 12.0 Å². The molecule has 2 aromatic rings. The minimum Gasteiger partial charge on any atom is -0.356 e. The molecule has 0 radical (unpaired) electrons. The number of halogens is 2. The first-order valence-electron chi connectivity index (χ1n) is 8.14. The van der Waals surface area contributed by atoms with Gasteiger partial charge in [-0.25, -0.2) is 9.37 Å². The van der Waals surface area contributed by atoms with Crippen LogP contribution in [0.4, 0.5) is 9.52 Å². The molecule has 0 saturated carbocycles. The van der Waals surface area contributed by atoms with Crippen molar-refractivity contribution in [1.82, 2.24) is 15.6 Å². The third-order valence-corrected chi connectivity index (χ3v) is 4.94. The molecule has 1 aromatic carbocycles. The average molecular weight is 491 g/mol. The lowest BCUT2D eigenvalue weighted by atomic mass is 9.84. The Morgan fingerprint density at radius 1 is 1.31 bits per heavy atom. The number of benzene rings is 1. The highest BCUT2D eigenvalue weighted by atomic mass is 127. The van der Waals surface area contributed by atoms with Gasteiger partial charge < -0.3 is 15.5 Å². The summed E-state index contributed by atoms with van der Waals surface area (Å²) in [6, 6.07) is 6.72. The van der Waals surface area contributed by atoms with Crippen molar-refractivity contribution in [2.75, 3.05) is 32.6 Å². The minimum atomic E-state index is -0.224. The quantitative estimate of drug-likeness (QED) is 0.369. The predicted octanol–water partition coefficient (Wildman–Crippen LogP) is 3.61. The van der Waals surface area contributed by atoms with Crippen molar-refractivity contribution in [3.8, 4) is 0 Å². The maximum Gasteiger partial charge on any atom is 0.191 e. The van der Waals surface area contributed by atoms with Crippen molar-refractivity contribution in [2.45, 2.75) is 25.8 Å². The molecule has 8 heteroatoms. The van der Waals surface area contributed by atoms with E-state index in [1.807, 2.05) is 30.4 Å². The van der Waals surface area contributed by atoms with E-state index in [0.29, 0.717) is 19.0 Å². The molecule has 0 saturated heterocycles. The van der Waals surface area contributed by atoms with Gasteiger partial charge in [-0.3, -0.25) is 4.99 Å². The van der Waals surface area contributed by atoms with Gasteiger partial charge in [0.15, 0.2) is 11.1 Å². The molecule has 0 atom stereocenters. The van der Waals surface area contributed by atoms with Gasteiger partial charge in [0.25, 0.3) is 0 Å². The highest BCUT2D eigenvalue weighted by Gasteiger charge is 2.21. The standard InChI is InChI=1S/C18H26FN5S.HI/c1-18(2,13-7-6-8-14(19)9-13)12-22-16(20-3)21-10-15-11-25-17(23-15)24(4)5;/h6-9,11H,10,12H2,1-5H3,(H2,20,21,22);1H. The van der Waals surface area contributed by atoms with Crippen molar-refractivity contribution in [2.24, 2.45) is 4.99 Å². The van der Waals surface area contributed by atoms with Gasteiger partial charge >= 0.3 is 0 Å². The van der Waals surface area contributed by atoms with Crippen LogP contribution in [0.5, 0.6) is 0 Å². The zero-order chi connectivity index (χ0) is 18.4. The molecule has 1 heterocycles. The van der Waals surface area contributed by atoms with Gasteiger partial charge in [-0.15, -0.1) is 35.3 Å². The van der Waals surface area contributed by atoms with Crippen LogP contribution in [-0.4, -0.2) is 38.6 Å². The van der Waals surface area contributed by atoms with Crippen molar-refractivity contribution < 1.29 is 4.39 Å². The number of anilines is 1. The Morgan fingerprint density at radius 3 is 2.62 bits per heavy atom. The van der Waals surface area contributed by atoms with Gasteiger partial charge in [0.1, 0.15) is 5.82 Å². The van der Waals surface area contributed by atoms with Crippen molar-refractivity contribution >= 4 is 46.4 Å². The number of aliphatic imine (C=N–C) groups is 1. The number of hydrogen-bond donors (Lipinski definition) is 2. The average Bonchev–Trinajstić information content (AvgIpc) is 3.04. The second kappa shape index (κ2) is 10.1. The first-order chi connectivity index (χ1) is 11.8. The van der Waals surface area contributed by atoms with Crippen LogP contribution in [0.25, 0.3) is 0 Å². The van der Waals surface area contributed by atoms with Crippen LogP contribution in [0.15, 0.2) is 34.6 Å². The number of rotatable bonds is 6. The lowest BCUT2D eigenvalue weighted by molar-refractivity contribution is 0.503. The summed E-state index contributed by atoms with van der Waals surface area (Å²) in [7, 11) is 5.69. The predicted molar refractivity (Wildman–Crippen MR) is 119 cm³/mol. The highest BCUT2D eigenvalue weighted by molar-refractivity contribution is 14.0. The smallest absolute Gasteiger partial charge is 0.191 e. The molecular weight excluding hydrogens is 464 g/mol. The molecule has 144 valence electrons. The topological polar surface area (TPSA) is 52.6 Å². The number of guanidine groups is 1. The molecule has 2 rings (SSSR count). The Bertz CT molecular complexity index is 730. The third-order valence-electron chi connectivity index (χ3n) is 3.89.